The summed E-state index contributed by atoms with van der Waals surface area (Å²) >= 11 is 0. The summed E-state index contributed by atoms with van der Waals surface area (Å²) in [6, 6.07) is 14.2. The summed E-state index contributed by atoms with van der Waals surface area (Å²) in [5, 5.41) is 10.1. The summed E-state index contributed by atoms with van der Waals surface area (Å²) in [7, 11) is 0. The minimum Gasteiger partial charge on any atom is -0.508 e. The van der Waals surface area contributed by atoms with Crippen molar-refractivity contribution in [3.63, 3.8) is 0 Å². The molecule has 0 aliphatic rings. The van der Waals surface area contributed by atoms with E-state index < -0.39 is 0 Å². The van der Waals surface area contributed by atoms with Crippen molar-refractivity contribution in [3.05, 3.63) is 53.6 Å². The van der Waals surface area contributed by atoms with E-state index in [9.17, 15) is 5.11 Å². The van der Waals surface area contributed by atoms with Crippen molar-refractivity contribution in [2.24, 2.45) is 0 Å². The topological polar surface area (TPSA) is 20.2 Å². The second-order valence-electron chi connectivity index (χ2n) is 4.21. The van der Waals surface area contributed by atoms with Crippen LogP contribution < -0.4 is 0 Å². The predicted octanol–water partition coefficient (Wildman–Crippen LogP) is 4.18. The van der Waals surface area contributed by atoms with Crippen LogP contribution in [0.3, 0.4) is 0 Å². The van der Waals surface area contributed by atoms with Gasteiger partial charge in [0.25, 0.3) is 0 Å². The molecule has 0 bridgehead atoms. The van der Waals surface area contributed by atoms with Crippen molar-refractivity contribution in [2.75, 3.05) is 0 Å². The lowest BCUT2D eigenvalue weighted by Crippen LogP contribution is -1.93. The molecule has 2 rings (SSSR count). The van der Waals surface area contributed by atoms with Gasteiger partial charge in [-0.15, -0.1) is 0 Å². The number of phenols is 1. The zero-order valence-corrected chi connectivity index (χ0v) is 10.4. The lowest BCUT2D eigenvalue weighted by molar-refractivity contribution is 0.468. The van der Waals surface area contributed by atoms with Crippen LogP contribution in [-0.2, 0) is 12.8 Å². The average molecular weight is 226 g/mol. The van der Waals surface area contributed by atoms with Gasteiger partial charge in [-0.25, -0.2) is 0 Å². The standard InChI is InChI=1S/C16H18O/c1-3-12-10-14(11-16(17)15(12)4-2)13-8-6-5-7-9-13/h5-11,17H,3-4H2,1-2H3. The molecule has 0 amide bonds. The first kappa shape index (κ1) is 11.7. The molecule has 0 unspecified atom stereocenters. The average Bonchev–Trinajstić information content (AvgIpc) is 2.38. The Hall–Kier alpha value is -1.76. The first-order valence-electron chi connectivity index (χ1n) is 6.16. The van der Waals surface area contributed by atoms with Crippen molar-refractivity contribution >= 4 is 0 Å². The van der Waals surface area contributed by atoms with Crippen molar-refractivity contribution in [3.8, 4) is 16.9 Å². The molecule has 2 aromatic carbocycles. The Bertz CT molecular complexity index is 500. The van der Waals surface area contributed by atoms with Gasteiger partial charge in [-0.2, -0.15) is 0 Å². The van der Waals surface area contributed by atoms with E-state index in [4.69, 9.17) is 0 Å². The summed E-state index contributed by atoms with van der Waals surface area (Å²) in [4.78, 5) is 0. The zero-order chi connectivity index (χ0) is 12.3. The number of rotatable bonds is 3. The van der Waals surface area contributed by atoms with Gasteiger partial charge in [-0.1, -0.05) is 50.2 Å². The van der Waals surface area contributed by atoms with E-state index in [1.807, 2.05) is 24.3 Å². The molecule has 0 atom stereocenters. The highest BCUT2D eigenvalue weighted by Crippen LogP contribution is 2.30. The van der Waals surface area contributed by atoms with E-state index >= 15 is 0 Å². The molecule has 17 heavy (non-hydrogen) atoms. The van der Waals surface area contributed by atoms with Gasteiger partial charge in [-0.3, -0.25) is 0 Å². The monoisotopic (exact) mass is 226 g/mol. The minimum atomic E-state index is 0.422. The van der Waals surface area contributed by atoms with Crippen LogP contribution in [0.2, 0.25) is 0 Å². The van der Waals surface area contributed by atoms with Gasteiger partial charge < -0.3 is 5.11 Å². The number of phenolic OH excluding ortho intramolecular Hbond substituents is 1. The van der Waals surface area contributed by atoms with Gasteiger partial charge in [0.15, 0.2) is 0 Å². The molecule has 0 saturated heterocycles. The first-order valence-corrected chi connectivity index (χ1v) is 6.16. The highest BCUT2D eigenvalue weighted by atomic mass is 16.3. The maximum absolute atomic E-state index is 10.1. The Morgan fingerprint density at radius 1 is 0.882 bits per heavy atom. The second kappa shape index (κ2) is 5.05. The van der Waals surface area contributed by atoms with E-state index in [1.54, 1.807) is 0 Å². The van der Waals surface area contributed by atoms with Gasteiger partial charge in [-0.05, 0) is 41.2 Å². The third kappa shape index (κ3) is 2.33. The van der Waals surface area contributed by atoms with Crippen LogP contribution >= 0.6 is 0 Å². The van der Waals surface area contributed by atoms with Crippen LogP contribution in [-0.4, -0.2) is 5.11 Å². The van der Waals surface area contributed by atoms with Crippen molar-refractivity contribution in [1.82, 2.24) is 0 Å². The Labute approximate surface area is 103 Å². The number of aromatic hydroxyl groups is 1. The summed E-state index contributed by atoms with van der Waals surface area (Å²) in [6.45, 7) is 4.21. The highest BCUT2D eigenvalue weighted by Gasteiger charge is 2.08. The lowest BCUT2D eigenvalue weighted by atomic mass is 9.95. The van der Waals surface area contributed by atoms with Crippen LogP contribution in [0.15, 0.2) is 42.5 Å². The molecule has 0 fully saturated rings. The molecule has 0 spiro atoms. The van der Waals surface area contributed by atoms with Gasteiger partial charge >= 0.3 is 0 Å². The van der Waals surface area contributed by atoms with Crippen molar-refractivity contribution in [2.45, 2.75) is 26.7 Å². The van der Waals surface area contributed by atoms with Crippen LogP contribution in [0.5, 0.6) is 5.75 Å². The SMILES string of the molecule is CCc1cc(-c2ccccc2)cc(O)c1CC. The molecule has 0 aliphatic carbocycles. The van der Waals surface area contributed by atoms with Gasteiger partial charge in [0.1, 0.15) is 5.75 Å². The fourth-order valence-electron chi connectivity index (χ4n) is 2.24. The Morgan fingerprint density at radius 3 is 2.18 bits per heavy atom. The molecular formula is C16H18O. The molecule has 88 valence electrons. The van der Waals surface area contributed by atoms with Crippen molar-refractivity contribution in [1.29, 1.82) is 0 Å². The molecule has 1 heteroatoms. The second-order valence-corrected chi connectivity index (χ2v) is 4.21. The van der Waals surface area contributed by atoms with Gasteiger partial charge in [0, 0.05) is 0 Å². The fraction of sp³-hybridized carbons (Fsp3) is 0.250. The molecule has 0 heterocycles. The van der Waals surface area contributed by atoms with Gasteiger partial charge in [0.2, 0.25) is 0 Å². The maximum Gasteiger partial charge on any atom is 0.119 e. The first-order chi connectivity index (χ1) is 8.26. The Balaban J connectivity index is 2.54. The molecule has 0 aromatic heterocycles. The zero-order valence-electron chi connectivity index (χ0n) is 10.4. The van der Waals surface area contributed by atoms with E-state index in [0.717, 1.165) is 29.5 Å². The number of aryl methyl sites for hydroxylation is 1. The number of hydrogen-bond donors (Lipinski definition) is 1. The molecule has 0 radical (unpaired) electrons. The molecule has 0 saturated carbocycles. The van der Waals surface area contributed by atoms with Crippen LogP contribution in [0.1, 0.15) is 25.0 Å². The van der Waals surface area contributed by atoms with E-state index in [0.29, 0.717) is 5.75 Å². The van der Waals surface area contributed by atoms with Crippen LogP contribution in [0.25, 0.3) is 11.1 Å². The molecule has 0 aliphatic heterocycles. The predicted molar refractivity (Wildman–Crippen MR) is 72.3 cm³/mol. The largest absolute Gasteiger partial charge is 0.508 e. The fourth-order valence-corrected chi connectivity index (χ4v) is 2.24. The number of benzene rings is 2. The van der Waals surface area contributed by atoms with E-state index in [2.05, 4.69) is 32.0 Å². The third-order valence-electron chi connectivity index (χ3n) is 3.16. The normalized spacial score (nSPS) is 10.5. The molecule has 1 nitrogen and oxygen atoms in total. The summed E-state index contributed by atoms with van der Waals surface area (Å²) < 4.78 is 0. The molecule has 1 N–H and O–H groups in total. The molecular weight excluding hydrogens is 208 g/mol. The van der Waals surface area contributed by atoms with Crippen LogP contribution in [0, 0.1) is 0 Å². The quantitative estimate of drug-likeness (QED) is 0.832. The van der Waals surface area contributed by atoms with E-state index in [-0.39, 0.29) is 0 Å². The third-order valence-corrected chi connectivity index (χ3v) is 3.16. The summed E-state index contributed by atoms with van der Waals surface area (Å²) in [5.41, 5.74) is 4.57. The highest BCUT2D eigenvalue weighted by molar-refractivity contribution is 5.67. The van der Waals surface area contributed by atoms with Crippen LogP contribution in [0.4, 0.5) is 0 Å². The minimum absolute atomic E-state index is 0.422. The lowest BCUT2D eigenvalue weighted by Gasteiger charge is -2.11. The van der Waals surface area contributed by atoms with E-state index in [1.165, 1.54) is 5.56 Å². The summed E-state index contributed by atoms with van der Waals surface area (Å²) in [6.07, 6.45) is 1.83. The number of hydrogen-bond acceptors (Lipinski definition) is 1. The van der Waals surface area contributed by atoms with Crippen molar-refractivity contribution < 1.29 is 5.11 Å². The summed E-state index contributed by atoms with van der Waals surface area (Å²) in [5.74, 6) is 0.422. The Kier molecular flexibility index (Phi) is 3.48. The maximum atomic E-state index is 10.1. The van der Waals surface area contributed by atoms with Gasteiger partial charge in [0.05, 0.1) is 0 Å². The Morgan fingerprint density at radius 2 is 1.59 bits per heavy atom. The smallest absolute Gasteiger partial charge is 0.119 e. The molecule has 2 aromatic rings.